The van der Waals surface area contributed by atoms with Gasteiger partial charge in [-0.15, -0.1) is 0 Å². The van der Waals surface area contributed by atoms with Crippen LogP contribution in [0.15, 0.2) is 72.8 Å². The minimum Gasteiger partial charge on any atom is -0.454 e. The van der Waals surface area contributed by atoms with Crippen LogP contribution in [0.4, 0.5) is 5.69 Å². The summed E-state index contributed by atoms with van der Waals surface area (Å²) >= 11 is 0. The van der Waals surface area contributed by atoms with E-state index in [2.05, 4.69) is 0 Å². The van der Waals surface area contributed by atoms with Crippen LogP contribution in [0.25, 0.3) is 22.2 Å². The van der Waals surface area contributed by atoms with Crippen molar-refractivity contribution in [2.75, 3.05) is 11.5 Å². The van der Waals surface area contributed by atoms with Crippen LogP contribution in [-0.2, 0) is 14.3 Å². The Bertz CT molecular complexity index is 1770. The van der Waals surface area contributed by atoms with Gasteiger partial charge >= 0.3 is 5.97 Å². The smallest absolute Gasteiger partial charge is 0.339 e. The lowest BCUT2D eigenvalue weighted by Gasteiger charge is -2.19. The number of fused-ring (bicyclic) bond motifs is 6. The zero-order valence-electron chi connectivity index (χ0n) is 23.5. The van der Waals surface area contributed by atoms with Crippen LogP contribution in [0.5, 0.6) is 0 Å². The standard InChI is InChI=1S/C35H30N2O5/c1-19-7-8-22(15-20(19)2)30(38)18-42-35(41)27-17-29(36-28-6-4-3-5-26(27)28)21-11-13-25(14-12-21)37-33(39)31-23-9-10-24(16-23)32(31)34(37)40/h3-8,11-15,17,23-24,31-32H,9-10,16,18H2,1-2H3/t23-,24-,31+,32+/m0/s1. The molecule has 1 aliphatic heterocycles. The molecule has 1 saturated heterocycles. The third-order valence-electron chi connectivity index (χ3n) is 9.45. The van der Waals surface area contributed by atoms with Gasteiger partial charge in [-0.05, 0) is 86.4 Å². The van der Waals surface area contributed by atoms with Gasteiger partial charge in [-0.25, -0.2) is 9.78 Å². The van der Waals surface area contributed by atoms with Crippen LogP contribution in [0.3, 0.4) is 0 Å². The molecule has 42 heavy (non-hydrogen) atoms. The summed E-state index contributed by atoms with van der Waals surface area (Å²) in [6, 6.07) is 21.5. The number of aromatic nitrogens is 1. The summed E-state index contributed by atoms with van der Waals surface area (Å²) < 4.78 is 5.48. The summed E-state index contributed by atoms with van der Waals surface area (Å²) in [5, 5.41) is 0.621. The second-order valence-electron chi connectivity index (χ2n) is 11.8. The number of esters is 1. The van der Waals surface area contributed by atoms with Crippen molar-refractivity contribution in [3.63, 3.8) is 0 Å². The maximum Gasteiger partial charge on any atom is 0.339 e. The first-order valence-electron chi connectivity index (χ1n) is 14.5. The van der Waals surface area contributed by atoms with Crippen LogP contribution in [-0.4, -0.2) is 35.2 Å². The largest absolute Gasteiger partial charge is 0.454 e. The fourth-order valence-corrected chi connectivity index (χ4v) is 7.14. The molecule has 3 fully saturated rings. The fraction of sp³-hybridized carbons (Fsp3) is 0.286. The predicted molar refractivity (Wildman–Crippen MR) is 158 cm³/mol. The Hall–Kier alpha value is -4.65. The number of hydrogen-bond donors (Lipinski definition) is 0. The van der Waals surface area contributed by atoms with Gasteiger partial charge in [0.15, 0.2) is 12.4 Å². The SMILES string of the molecule is Cc1ccc(C(=O)COC(=O)c2cc(-c3ccc(N4C(=O)[C@@H]5[C@H]6CC[C@@H](C6)[C@H]5C4=O)cc3)nc3ccccc23)cc1C. The Morgan fingerprint density at radius 1 is 0.857 bits per heavy atom. The number of amides is 2. The van der Waals surface area contributed by atoms with E-state index in [1.807, 2.05) is 50.2 Å². The molecule has 0 N–H and O–H groups in total. The van der Waals surface area contributed by atoms with E-state index in [1.54, 1.807) is 36.4 Å². The Kier molecular flexibility index (Phi) is 6.26. The normalized spacial score (nSPS) is 22.6. The highest BCUT2D eigenvalue weighted by atomic mass is 16.5. The van der Waals surface area contributed by atoms with Gasteiger partial charge in [0.25, 0.3) is 0 Å². The summed E-state index contributed by atoms with van der Waals surface area (Å²) in [6.45, 7) is 3.54. The van der Waals surface area contributed by atoms with E-state index >= 15 is 0 Å². The number of carbonyl (C=O) groups excluding carboxylic acids is 4. The average molecular weight is 559 g/mol. The molecule has 2 heterocycles. The fourth-order valence-electron chi connectivity index (χ4n) is 7.14. The minimum atomic E-state index is -0.613. The zero-order chi connectivity index (χ0) is 29.1. The third-order valence-corrected chi connectivity index (χ3v) is 9.45. The van der Waals surface area contributed by atoms with Gasteiger partial charge in [0.05, 0.1) is 34.3 Å². The molecule has 2 saturated carbocycles. The quantitative estimate of drug-likeness (QED) is 0.161. The number of carbonyl (C=O) groups is 4. The first kappa shape index (κ1) is 26.3. The van der Waals surface area contributed by atoms with E-state index in [-0.39, 0.29) is 36.0 Å². The molecule has 4 atom stereocenters. The van der Waals surface area contributed by atoms with Crippen LogP contribution >= 0.6 is 0 Å². The van der Waals surface area contributed by atoms with Crippen LogP contribution in [0.2, 0.25) is 0 Å². The van der Waals surface area contributed by atoms with Crippen LogP contribution in [0, 0.1) is 37.5 Å². The molecule has 0 radical (unpaired) electrons. The second kappa shape index (κ2) is 10.0. The number of aryl methyl sites for hydroxylation is 2. The van der Waals surface area contributed by atoms with Gasteiger partial charge in [0.2, 0.25) is 11.8 Å². The molecular weight excluding hydrogens is 528 g/mol. The number of Topliss-reactive ketones (excluding diaryl/α,β-unsaturated/α-hetero) is 1. The Morgan fingerprint density at radius 2 is 1.55 bits per heavy atom. The van der Waals surface area contributed by atoms with Crippen molar-refractivity contribution in [2.24, 2.45) is 23.7 Å². The summed E-state index contributed by atoms with van der Waals surface area (Å²) in [4.78, 5) is 58.7. The molecule has 210 valence electrons. The molecule has 4 aromatic rings. The molecule has 7 nitrogen and oxygen atoms in total. The molecule has 7 heteroatoms. The van der Waals surface area contributed by atoms with Gasteiger partial charge in [-0.2, -0.15) is 0 Å². The number of ether oxygens (including phenoxy) is 1. The lowest BCUT2D eigenvalue weighted by molar-refractivity contribution is -0.123. The van der Waals surface area contributed by atoms with Gasteiger partial charge < -0.3 is 4.74 Å². The summed E-state index contributed by atoms with van der Waals surface area (Å²) in [6.07, 6.45) is 3.07. The Labute approximate surface area is 243 Å². The first-order valence-corrected chi connectivity index (χ1v) is 14.5. The highest BCUT2D eigenvalue weighted by Crippen LogP contribution is 2.56. The van der Waals surface area contributed by atoms with Gasteiger partial charge in [0, 0.05) is 16.5 Å². The minimum absolute atomic E-state index is 0.0749. The second-order valence-corrected chi connectivity index (χ2v) is 11.8. The van der Waals surface area contributed by atoms with Crippen molar-refractivity contribution in [3.8, 4) is 11.3 Å². The number of para-hydroxylation sites is 1. The van der Waals surface area contributed by atoms with Gasteiger partial charge in [-0.3, -0.25) is 19.3 Å². The number of imide groups is 1. The highest BCUT2D eigenvalue weighted by molar-refractivity contribution is 6.22. The van der Waals surface area contributed by atoms with Crippen LogP contribution in [0.1, 0.15) is 51.1 Å². The maximum absolute atomic E-state index is 13.3. The number of hydrogen-bond acceptors (Lipinski definition) is 6. The van der Waals surface area contributed by atoms with E-state index in [4.69, 9.17) is 9.72 Å². The molecule has 0 spiro atoms. The number of ketones is 1. The van der Waals surface area contributed by atoms with Crippen molar-refractivity contribution < 1.29 is 23.9 Å². The molecular formula is C35H30N2O5. The molecule has 3 aliphatic rings. The number of anilines is 1. The number of rotatable bonds is 6. The summed E-state index contributed by atoms with van der Waals surface area (Å²) in [7, 11) is 0. The van der Waals surface area contributed by atoms with Crippen molar-refractivity contribution in [1.82, 2.24) is 4.98 Å². The highest BCUT2D eigenvalue weighted by Gasteiger charge is 2.61. The molecule has 2 bridgehead atoms. The van der Waals surface area contributed by atoms with Crippen molar-refractivity contribution >= 4 is 40.2 Å². The molecule has 7 rings (SSSR count). The molecule has 2 amide bonds. The lowest BCUT2D eigenvalue weighted by Crippen LogP contribution is -2.32. The monoisotopic (exact) mass is 558 g/mol. The van der Waals surface area contributed by atoms with E-state index in [0.29, 0.717) is 45.2 Å². The Balaban J connectivity index is 1.14. The predicted octanol–water partition coefficient (Wildman–Crippen LogP) is 6.09. The van der Waals surface area contributed by atoms with Crippen LogP contribution < -0.4 is 4.90 Å². The number of nitrogens with zero attached hydrogens (tertiary/aromatic N) is 2. The average Bonchev–Trinajstić information content (AvgIpc) is 3.70. The summed E-state index contributed by atoms with van der Waals surface area (Å²) in [5.41, 5.74) is 5.33. The van der Waals surface area contributed by atoms with E-state index < -0.39 is 5.97 Å². The lowest BCUT2D eigenvalue weighted by atomic mass is 9.81. The molecule has 0 unspecified atom stereocenters. The number of pyridine rings is 1. The summed E-state index contributed by atoms with van der Waals surface area (Å²) in [5.74, 6) is -0.721. The van der Waals surface area contributed by atoms with E-state index in [1.165, 1.54) is 4.90 Å². The molecule has 3 aromatic carbocycles. The zero-order valence-corrected chi connectivity index (χ0v) is 23.5. The maximum atomic E-state index is 13.3. The van der Waals surface area contributed by atoms with Crippen molar-refractivity contribution in [2.45, 2.75) is 33.1 Å². The van der Waals surface area contributed by atoms with Gasteiger partial charge in [-0.1, -0.05) is 42.5 Å². The van der Waals surface area contributed by atoms with E-state index in [9.17, 15) is 19.2 Å². The Morgan fingerprint density at radius 3 is 2.24 bits per heavy atom. The van der Waals surface area contributed by atoms with Crippen molar-refractivity contribution in [3.05, 3.63) is 95.1 Å². The van der Waals surface area contributed by atoms with Crippen molar-refractivity contribution in [1.29, 1.82) is 0 Å². The molecule has 1 aromatic heterocycles. The van der Waals surface area contributed by atoms with E-state index in [0.717, 1.165) is 36.0 Å². The number of benzene rings is 3. The third kappa shape index (κ3) is 4.23. The topological polar surface area (TPSA) is 93.6 Å². The van der Waals surface area contributed by atoms with Gasteiger partial charge in [0.1, 0.15) is 0 Å². The first-order chi connectivity index (χ1) is 20.3. The molecule has 2 aliphatic carbocycles.